The van der Waals surface area contributed by atoms with Crippen LogP contribution in [0.3, 0.4) is 0 Å². The summed E-state index contributed by atoms with van der Waals surface area (Å²) in [5, 5.41) is 15.0. The maximum absolute atomic E-state index is 12.8. The summed E-state index contributed by atoms with van der Waals surface area (Å²) in [4.78, 5) is 17.2. The van der Waals surface area contributed by atoms with E-state index in [-0.39, 0.29) is 5.75 Å². The molecule has 2 aromatic heterocycles. The molecule has 0 amide bonds. The summed E-state index contributed by atoms with van der Waals surface area (Å²) in [5.41, 5.74) is 3.10. The number of hydrogen-bond donors (Lipinski definition) is 1. The number of aliphatic imine (C=N–C) groups is 1. The predicted molar refractivity (Wildman–Crippen MR) is 120 cm³/mol. The molecule has 0 spiro atoms. The van der Waals surface area contributed by atoms with Crippen molar-refractivity contribution in [2.24, 2.45) is 4.99 Å². The van der Waals surface area contributed by atoms with Crippen molar-refractivity contribution < 1.29 is 9.52 Å². The third-order valence-corrected chi connectivity index (χ3v) is 4.86. The molecule has 0 aliphatic heterocycles. The Kier molecular flexibility index (Phi) is 4.65. The number of aromatic nitrogens is 2. The minimum absolute atomic E-state index is 0.172. The molecule has 3 aromatic carbocycles. The molecule has 5 aromatic rings. The monoisotopic (exact) mass is 407 g/mol. The first-order chi connectivity index (χ1) is 15.2. The van der Waals surface area contributed by atoms with Crippen molar-refractivity contribution in [3.63, 3.8) is 0 Å². The molecule has 0 bridgehead atoms. The second-order valence-electron chi connectivity index (χ2n) is 6.97. The number of phenolic OH excluding ortho intramolecular Hbond substituents is 1. The molecule has 0 atom stereocenters. The van der Waals surface area contributed by atoms with Crippen LogP contribution >= 0.6 is 0 Å². The Morgan fingerprint density at radius 1 is 0.935 bits per heavy atom. The summed E-state index contributed by atoms with van der Waals surface area (Å²) >= 11 is 0. The molecule has 0 radical (unpaired) electrons. The Labute approximate surface area is 177 Å². The van der Waals surface area contributed by atoms with Crippen LogP contribution in [0.1, 0.15) is 5.56 Å². The average Bonchev–Trinajstić information content (AvgIpc) is 3.23. The molecule has 0 unspecified atom stereocenters. The van der Waals surface area contributed by atoms with E-state index in [1.165, 1.54) is 0 Å². The van der Waals surface area contributed by atoms with Crippen molar-refractivity contribution in [2.75, 3.05) is 0 Å². The summed E-state index contributed by atoms with van der Waals surface area (Å²) in [6.07, 6.45) is 3.48. The Morgan fingerprint density at radius 2 is 1.68 bits per heavy atom. The lowest BCUT2D eigenvalue weighted by molar-refractivity contribution is 0.475. The van der Waals surface area contributed by atoms with Gasteiger partial charge in [0.05, 0.1) is 16.9 Å². The van der Waals surface area contributed by atoms with E-state index in [1.807, 2.05) is 54.7 Å². The molecular weight excluding hydrogens is 390 g/mol. The van der Waals surface area contributed by atoms with Gasteiger partial charge in [0.25, 0.3) is 0 Å². The number of rotatable bonds is 4. The van der Waals surface area contributed by atoms with Gasteiger partial charge in [-0.3, -0.25) is 4.99 Å². The maximum Gasteiger partial charge on any atom is 0.345 e. The van der Waals surface area contributed by atoms with Crippen LogP contribution in [0.15, 0.2) is 105 Å². The maximum atomic E-state index is 12.8. The highest BCUT2D eigenvalue weighted by molar-refractivity contribution is 5.91. The molecule has 2 heterocycles. The number of hydrogen-bond acceptors (Lipinski definition) is 5. The Balaban J connectivity index is 1.66. The van der Waals surface area contributed by atoms with Gasteiger partial charge in [0, 0.05) is 23.4 Å². The zero-order valence-corrected chi connectivity index (χ0v) is 16.3. The lowest BCUT2D eigenvalue weighted by atomic mass is 10.1. The molecular formula is C25H17N3O3. The summed E-state index contributed by atoms with van der Waals surface area (Å²) < 4.78 is 7.23. The van der Waals surface area contributed by atoms with E-state index in [1.54, 1.807) is 47.3 Å². The summed E-state index contributed by atoms with van der Waals surface area (Å²) in [7, 11) is 0. The van der Waals surface area contributed by atoms with E-state index < -0.39 is 5.63 Å². The number of phenols is 1. The second-order valence-corrected chi connectivity index (χ2v) is 6.97. The zero-order valence-electron chi connectivity index (χ0n) is 16.3. The van der Waals surface area contributed by atoms with Crippen molar-refractivity contribution in [3.8, 4) is 22.7 Å². The first-order valence-corrected chi connectivity index (χ1v) is 9.69. The molecule has 31 heavy (non-hydrogen) atoms. The van der Waals surface area contributed by atoms with Gasteiger partial charge >= 0.3 is 5.63 Å². The second kappa shape index (κ2) is 7.76. The largest absolute Gasteiger partial charge is 0.508 e. The third-order valence-electron chi connectivity index (χ3n) is 4.86. The SMILES string of the molecule is O=c1oc2ccccc2cc1-c1nn(-c2ccccc2)cc1C=Nc1ccc(O)cc1. The standard InChI is InChI=1S/C25H17N3O3/c29-21-12-10-19(11-13-21)26-15-18-16-28(20-7-2-1-3-8-20)27-24(18)22-14-17-6-4-5-9-23(17)31-25(22)30/h1-16,29H. The molecule has 5 rings (SSSR count). The molecule has 6 nitrogen and oxygen atoms in total. The van der Waals surface area contributed by atoms with Crippen molar-refractivity contribution in [1.82, 2.24) is 9.78 Å². The Bertz CT molecular complexity index is 1450. The smallest absolute Gasteiger partial charge is 0.345 e. The van der Waals surface area contributed by atoms with Gasteiger partial charge in [0.15, 0.2) is 0 Å². The van der Waals surface area contributed by atoms with Crippen LogP contribution < -0.4 is 5.63 Å². The summed E-state index contributed by atoms with van der Waals surface area (Å²) in [6.45, 7) is 0. The molecule has 0 saturated carbocycles. The van der Waals surface area contributed by atoms with E-state index in [0.717, 1.165) is 11.1 Å². The first kappa shape index (κ1) is 18.6. The van der Waals surface area contributed by atoms with E-state index in [4.69, 9.17) is 4.42 Å². The Morgan fingerprint density at radius 3 is 2.48 bits per heavy atom. The summed E-state index contributed by atoms with van der Waals surface area (Å²) in [6, 6.07) is 25.3. The fourth-order valence-electron chi connectivity index (χ4n) is 3.31. The van der Waals surface area contributed by atoms with E-state index in [9.17, 15) is 9.90 Å². The van der Waals surface area contributed by atoms with Crippen LogP contribution in [-0.2, 0) is 0 Å². The topological polar surface area (TPSA) is 80.6 Å². The fourth-order valence-corrected chi connectivity index (χ4v) is 3.31. The van der Waals surface area contributed by atoms with E-state index in [2.05, 4.69) is 10.1 Å². The molecule has 0 aliphatic rings. The van der Waals surface area contributed by atoms with Gasteiger partial charge in [-0.15, -0.1) is 0 Å². The summed E-state index contributed by atoms with van der Waals surface area (Å²) in [5.74, 6) is 0.172. The molecule has 1 N–H and O–H groups in total. The van der Waals surface area contributed by atoms with E-state index in [0.29, 0.717) is 28.1 Å². The van der Waals surface area contributed by atoms with Gasteiger partial charge < -0.3 is 9.52 Å². The molecule has 0 aliphatic carbocycles. The Hall–Kier alpha value is -4.45. The van der Waals surface area contributed by atoms with Crippen LogP contribution in [0.2, 0.25) is 0 Å². The van der Waals surface area contributed by atoms with Crippen LogP contribution in [0.5, 0.6) is 5.75 Å². The van der Waals surface area contributed by atoms with Crippen molar-refractivity contribution in [3.05, 3.63) is 107 Å². The van der Waals surface area contributed by atoms with Crippen molar-refractivity contribution in [2.45, 2.75) is 0 Å². The fraction of sp³-hybridized carbons (Fsp3) is 0. The molecule has 0 saturated heterocycles. The average molecular weight is 407 g/mol. The van der Waals surface area contributed by atoms with Gasteiger partial charge in [0.1, 0.15) is 17.0 Å². The van der Waals surface area contributed by atoms with Crippen LogP contribution in [-0.4, -0.2) is 21.1 Å². The van der Waals surface area contributed by atoms with Crippen LogP contribution in [0.4, 0.5) is 5.69 Å². The molecule has 6 heteroatoms. The van der Waals surface area contributed by atoms with E-state index >= 15 is 0 Å². The number of aromatic hydroxyl groups is 1. The first-order valence-electron chi connectivity index (χ1n) is 9.69. The predicted octanol–water partition coefficient (Wildman–Crippen LogP) is 5.10. The highest BCUT2D eigenvalue weighted by Crippen LogP contribution is 2.24. The molecule has 150 valence electrons. The van der Waals surface area contributed by atoms with Gasteiger partial charge in [-0.25, -0.2) is 9.48 Å². The number of para-hydroxylation sites is 2. The van der Waals surface area contributed by atoms with Crippen molar-refractivity contribution in [1.29, 1.82) is 0 Å². The number of benzene rings is 3. The normalized spacial score (nSPS) is 11.4. The van der Waals surface area contributed by atoms with Crippen LogP contribution in [0.25, 0.3) is 27.9 Å². The number of fused-ring (bicyclic) bond motifs is 1. The van der Waals surface area contributed by atoms with Crippen LogP contribution in [0, 0.1) is 0 Å². The quantitative estimate of drug-likeness (QED) is 0.332. The van der Waals surface area contributed by atoms with Gasteiger partial charge in [-0.05, 0) is 48.5 Å². The van der Waals surface area contributed by atoms with Gasteiger partial charge in [-0.1, -0.05) is 36.4 Å². The third kappa shape index (κ3) is 3.74. The highest BCUT2D eigenvalue weighted by Gasteiger charge is 2.16. The van der Waals surface area contributed by atoms with Crippen molar-refractivity contribution >= 4 is 22.9 Å². The van der Waals surface area contributed by atoms with Gasteiger partial charge in [-0.2, -0.15) is 5.10 Å². The minimum Gasteiger partial charge on any atom is -0.508 e. The highest BCUT2D eigenvalue weighted by atomic mass is 16.4. The van der Waals surface area contributed by atoms with Gasteiger partial charge in [0.2, 0.25) is 0 Å². The zero-order chi connectivity index (χ0) is 21.2. The minimum atomic E-state index is -0.462. The molecule has 0 fully saturated rings. The lowest BCUT2D eigenvalue weighted by Gasteiger charge is -2.01. The number of nitrogens with zero attached hydrogens (tertiary/aromatic N) is 3. The lowest BCUT2D eigenvalue weighted by Crippen LogP contribution is -2.05.